The average molecular weight is 502 g/mol. The van der Waals surface area contributed by atoms with Crippen molar-refractivity contribution in [2.75, 3.05) is 32.6 Å². The Morgan fingerprint density at radius 2 is 1.91 bits per heavy atom. The number of methoxy groups -OCH3 is 2. The van der Waals surface area contributed by atoms with Gasteiger partial charge in [-0.2, -0.15) is 0 Å². The Labute approximate surface area is 207 Å². The lowest BCUT2D eigenvalue weighted by atomic mass is 10.0. The summed E-state index contributed by atoms with van der Waals surface area (Å²) in [5, 5.41) is 11.2. The fourth-order valence-corrected chi connectivity index (χ4v) is 4.71. The quantitative estimate of drug-likeness (QED) is 0.419. The molecule has 1 fully saturated rings. The second-order valence-corrected chi connectivity index (χ2v) is 8.57. The molecule has 2 aromatic carbocycles. The number of carbonyl (C=O) groups is 1. The van der Waals surface area contributed by atoms with Crippen molar-refractivity contribution in [1.29, 1.82) is 0 Å². The Balaban J connectivity index is 1.63. The third-order valence-corrected chi connectivity index (χ3v) is 6.50. The molecule has 0 unspecified atom stereocenters. The molecule has 8 nitrogen and oxygen atoms in total. The van der Waals surface area contributed by atoms with Crippen LogP contribution in [0.25, 0.3) is 22.0 Å². The van der Waals surface area contributed by atoms with Gasteiger partial charge in [-0.3, -0.25) is 4.79 Å². The number of piperidine rings is 1. The molecule has 1 aliphatic heterocycles. The standard InChI is InChI=1S/C24H25Cl2N5O3/c1-4-20(32)29-16-7-8-27-12-17(16)31-24-28-11-14-9-13(5-6-15(14)30-24)21-22(25)18(33-2)10-19(34-3)23(21)26/h4-6,9-11,16-17,27H,1,7-8,12H2,2-3H3,(H,29,32)(H,28,30,31)/t16-,17+/m1/s1. The molecule has 1 aromatic heterocycles. The predicted octanol–water partition coefficient (Wildman–Crippen LogP) is 4.07. The van der Waals surface area contributed by atoms with Crippen molar-refractivity contribution in [2.45, 2.75) is 18.5 Å². The first kappa shape index (κ1) is 24.1. The van der Waals surface area contributed by atoms with E-state index in [9.17, 15) is 4.79 Å². The SMILES string of the molecule is C=CC(=O)N[C@@H]1CCNC[C@@H]1Nc1ncc2cc(-c3c(Cl)c(OC)cc(OC)c3Cl)ccc2n1. The summed E-state index contributed by atoms with van der Waals surface area (Å²) in [5.74, 6) is 1.21. The van der Waals surface area contributed by atoms with Gasteiger partial charge in [0, 0.05) is 29.8 Å². The van der Waals surface area contributed by atoms with E-state index in [1.807, 2.05) is 18.2 Å². The highest BCUT2D eigenvalue weighted by atomic mass is 35.5. The van der Waals surface area contributed by atoms with Crippen LogP contribution in [0.5, 0.6) is 11.5 Å². The molecule has 0 radical (unpaired) electrons. The number of ether oxygens (including phenoxy) is 2. The van der Waals surface area contributed by atoms with E-state index >= 15 is 0 Å². The van der Waals surface area contributed by atoms with Gasteiger partial charge in [0.25, 0.3) is 0 Å². The summed E-state index contributed by atoms with van der Waals surface area (Å²) in [5.41, 5.74) is 2.14. The second-order valence-electron chi connectivity index (χ2n) is 7.81. The fraction of sp³-hybridized carbons (Fsp3) is 0.292. The molecule has 0 saturated carbocycles. The summed E-state index contributed by atoms with van der Waals surface area (Å²) < 4.78 is 10.8. The van der Waals surface area contributed by atoms with Gasteiger partial charge in [0.1, 0.15) is 11.5 Å². The van der Waals surface area contributed by atoms with Crippen molar-refractivity contribution in [3.63, 3.8) is 0 Å². The van der Waals surface area contributed by atoms with Crippen LogP contribution in [0.3, 0.4) is 0 Å². The fourth-order valence-electron chi connectivity index (χ4n) is 3.99. The summed E-state index contributed by atoms with van der Waals surface area (Å²) in [7, 11) is 3.08. The van der Waals surface area contributed by atoms with Crippen LogP contribution < -0.4 is 25.4 Å². The topological polar surface area (TPSA) is 97.4 Å². The molecule has 178 valence electrons. The number of rotatable bonds is 7. The summed E-state index contributed by atoms with van der Waals surface area (Å²) in [6.45, 7) is 5.02. The third kappa shape index (κ3) is 4.89. The lowest BCUT2D eigenvalue weighted by Crippen LogP contribution is -2.55. The molecular weight excluding hydrogens is 477 g/mol. The van der Waals surface area contributed by atoms with Gasteiger partial charge in [-0.15, -0.1) is 0 Å². The molecule has 4 rings (SSSR count). The number of halogens is 2. The van der Waals surface area contributed by atoms with Gasteiger partial charge in [0.05, 0.1) is 41.9 Å². The van der Waals surface area contributed by atoms with E-state index in [2.05, 4.69) is 32.5 Å². The number of nitrogens with one attached hydrogen (secondary N) is 3. The van der Waals surface area contributed by atoms with Crippen molar-refractivity contribution in [3.8, 4) is 22.6 Å². The first-order valence-electron chi connectivity index (χ1n) is 10.7. The second kappa shape index (κ2) is 10.5. The number of hydrogen-bond donors (Lipinski definition) is 3. The van der Waals surface area contributed by atoms with Gasteiger partial charge in [-0.1, -0.05) is 35.8 Å². The molecule has 0 spiro atoms. The Kier molecular flexibility index (Phi) is 7.41. The molecule has 1 aliphatic rings. The molecule has 3 N–H and O–H groups in total. The van der Waals surface area contributed by atoms with E-state index in [0.29, 0.717) is 39.6 Å². The summed E-state index contributed by atoms with van der Waals surface area (Å²) in [4.78, 5) is 20.9. The first-order chi connectivity index (χ1) is 16.4. The van der Waals surface area contributed by atoms with Crippen LogP contribution in [-0.4, -0.2) is 55.3 Å². The maximum atomic E-state index is 11.8. The lowest BCUT2D eigenvalue weighted by molar-refractivity contribution is -0.117. The van der Waals surface area contributed by atoms with Crippen LogP contribution in [0, 0.1) is 0 Å². The van der Waals surface area contributed by atoms with Crippen molar-refractivity contribution < 1.29 is 14.3 Å². The number of aromatic nitrogens is 2. The number of fused-ring (bicyclic) bond motifs is 1. The number of amides is 1. The average Bonchev–Trinajstić information content (AvgIpc) is 2.85. The van der Waals surface area contributed by atoms with Crippen molar-refractivity contribution >= 4 is 46.0 Å². The minimum absolute atomic E-state index is 0.0549. The first-order valence-corrected chi connectivity index (χ1v) is 11.5. The molecule has 1 saturated heterocycles. The van der Waals surface area contributed by atoms with Gasteiger partial charge in [0.15, 0.2) is 0 Å². The number of anilines is 1. The maximum absolute atomic E-state index is 11.8. The molecule has 2 atom stereocenters. The van der Waals surface area contributed by atoms with E-state index in [1.165, 1.54) is 20.3 Å². The monoisotopic (exact) mass is 501 g/mol. The number of nitrogens with zero attached hydrogens (tertiary/aromatic N) is 2. The van der Waals surface area contributed by atoms with Gasteiger partial charge >= 0.3 is 0 Å². The molecule has 2 heterocycles. The van der Waals surface area contributed by atoms with Crippen LogP contribution in [0.2, 0.25) is 10.0 Å². The number of carbonyl (C=O) groups excluding carboxylic acids is 1. The van der Waals surface area contributed by atoms with Crippen molar-refractivity contribution in [3.05, 3.63) is 53.2 Å². The predicted molar refractivity (Wildman–Crippen MR) is 135 cm³/mol. The van der Waals surface area contributed by atoms with Gasteiger partial charge in [-0.05, 0) is 36.7 Å². The zero-order valence-corrected chi connectivity index (χ0v) is 20.3. The molecule has 10 heteroatoms. The van der Waals surface area contributed by atoms with E-state index in [4.69, 9.17) is 32.7 Å². The van der Waals surface area contributed by atoms with E-state index in [1.54, 1.807) is 12.3 Å². The van der Waals surface area contributed by atoms with Crippen LogP contribution in [0.4, 0.5) is 5.95 Å². The van der Waals surface area contributed by atoms with Gasteiger partial charge in [0.2, 0.25) is 11.9 Å². The van der Waals surface area contributed by atoms with Gasteiger partial charge in [-0.25, -0.2) is 9.97 Å². The molecular formula is C24H25Cl2N5O3. The molecule has 3 aromatic rings. The number of benzene rings is 2. The molecule has 1 amide bonds. The largest absolute Gasteiger partial charge is 0.495 e. The van der Waals surface area contributed by atoms with Crippen LogP contribution in [-0.2, 0) is 4.79 Å². The Morgan fingerprint density at radius 1 is 1.18 bits per heavy atom. The normalized spacial score (nSPS) is 17.8. The Morgan fingerprint density at radius 3 is 2.59 bits per heavy atom. The highest BCUT2D eigenvalue weighted by Crippen LogP contribution is 2.46. The van der Waals surface area contributed by atoms with Crippen LogP contribution >= 0.6 is 23.2 Å². The van der Waals surface area contributed by atoms with E-state index in [-0.39, 0.29) is 18.0 Å². The van der Waals surface area contributed by atoms with Crippen molar-refractivity contribution in [2.24, 2.45) is 0 Å². The third-order valence-electron chi connectivity index (χ3n) is 5.75. The molecule has 0 aliphatic carbocycles. The minimum atomic E-state index is -0.197. The summed E-state index contributed by atoms with van der Waals surface area (Å²) in [6.07, 6.45) is 3.81. The zero-order chi connectivity index (χ0) is 24.2. The molecule has 34 heavy (non-hydrogen) atoms. The summed E-state index contributed by atoms with van der Waals surface area (Å²) in [6, 6.07) is 7.23. The maximum Gasteiger partial charge on any atom is 0.243 e. The van der Waals surface area contributed by atoms with Gasteiger partial charge < -0.3 is 25.4 Å². The molecule has 0 bridgehead atoms. The summed E-state index contributed by atoms with van der Waals surface area (Å²) >= 11 is 13.1. The highest BCUT2D eigenvalue weighted by molar-refractivity contribution is 6.41. The number of hydrogen-bond acceptors (Lipinski definition) is 7. The van der Waals surface area contributed by atoms with Crippen LogP contribution in [0.1, 0.15) is 6.42 Å². The highest BCUT2D eigenvalue weighted by Gasteiger charge is 2.26. The minimum Gasteiger partial charge on any atom is -0.495 e. The lowest BCUT2D eigenvalue weighted by Gasteiger charge is -2.33. The Bertz CT molecular complexity index is 1210. The Hall–Kier alpha value is -3.07. The van der Waals surface area contributed by atoms with E-state index < -0.39 is 0 Å². The smallest absolute Gasteiger partial charge is 0.243 e. The van der Waals surface area contributed by atoms with E-state index in [0.717, 1.165) is 29.4 Å². The van der Waals surface area contributed by atoms with Crippen LogP contribution in [0.15, 0.2) is 43.1 Å². The van der Waals surface area contributed by atoms with Crippen molar-refractivity contribution in [1.82, 2.24) is 20.6 Å². The zero-order valence-electron chi connectivity index (χ0n) is 18.8.